The highest BCUT2D eigenvalue weighted by Gasteiger charge is 2.31. The second-order valence-corrected chi connectivity index (χ2v) is 7.01. The Hall–Kier alpha value is -0.650. The molecule has 0 amide bonds. The zero-order valence-electron chi connectivity index (χ0n) is 12.9. The molecule has 20 heavy (non-hydrogen) atoms. The zero-order valence-corrected chi connectivity index (χ0v) is 13.7. The lowest BCUT2D eigenvalue weighted by atomic mass is 10.2. The van der Waals surface area contributed by atoms with E-state index in [1.165, 1.54) is 48.2 Å². The lowest BCUT2D eigenvalue weighted by molar-refractivity contribution is 0.231. The highest BCUT2D eigenvalue weighted by atomic mass is 32.1. The molecule has 1 aromatic heterocycles. The fraction of sp³-hybridized carbons (Fsp3) is 0.800. The standard InChI is InChI=1S/C15H26N4S/c1-4-16-11(2)14-12(3)17-15(20-14)19-9-8-18-7-5-6-13(18)10-19/h11,13,16H,4-10H2,1-3H3. The van der Waals surface area contributed by atoms with Gasteiger partial charge in [0.05, 0.1) is 5.69 Å². The SMILES string of the molecule is CCNC(C)c1sc(N2CCN3CCCC3C2)nc1C. The van der Waals surface area contributed by atoms with Gasteiger partial charge in [0.2, 0.25) is 0 Å². The van der Waals surface area contributed by atoms with Gasteiger partial charge in [0.25, 0.3) is 0 Å². The molecule has 0 aromatic carbocycles. The smallest absolute Gasteiger partial charge is 0.185 e. The summed E-state index contributed by atoms with van der Waals surface area (Å²) in [6.07, 6.45) is 2.74. The summed E-state index contributed by atoms with van der Waals surface area (Å²) in [4.78, 5) is 11.4. The molecule has 2 unspecified atom stereocenters. The van der Waals surface area contributed by atoms with Crippen LogP contribution < -0.4 is 10.2 Å². The van der Waals surface area contributed by atoms with E-state index < -0.39 is 0 Å². The number of hydrogen-bond donors (Lipinski definition) is 1. The van der Waals surface area contributed by atoms with E-state index >= 15 is 0 Å². The fourth-order valence-electron chi connectivity index (χ4n) is 3.49. The van der Waals surface area contributed by atoms with Gasteiger partial charge < -0.3 is 10.2 Å². The molecule has 2 aliphatic heterocycles. The van der Waals surface area contributed by atoms with E-state index in [0.717, 1.165) is 19.1 Å². The summed E-state index contributed by atoms with van der Waals surface area (Å²) in [6.45, 7) is 12.4. The minimum atomic E-state index is 0.416. The molecule has 0 aliphatic carbocycles. The van der Waals surface area contributed by atoms with Crippen molar-refractivity contribution in [1.82, 2.24) is 15.2 Å². The average Bonchev–Trinajstić information content (AvgIpc) is 3.04. The van der Waals surface area contributed by atoms with E-state index in [2.05, 4.69) is 35.9 Å². The number of anilines is 1. The Morgan fingerprint density at radius 1 is 1.40 bits per heavy atom. The van der Waals surface area contributed by atoms with Crippen LogP contribution in [0.25, 0.3) is 0 Å². The lowest BCUT2D eigenvalue weighted by Gasteiger charge is -2.37. The van der Waals surface area contributed by atoms with Crippen molar-refractivity contribution < 1.29 is 0 Å². The van der Waals surface area contributed by atoms with Crippen LogP contribution in [0, 0.1) is 6.92 Å². The number of aryl methyl sites for hydroxylation is 1. The number of rotatable bonds is 4. The fourth-order valence-corrected chi connectivity index (χ4v) is 4.62. The Labute approximate surface area is 126 Å². The Kier molecular flexibility index (Phi) is 4.29. The molecular weight excluding hydrogens is 268 g/mol. The third-order valence-corrected chi connectivity index (χ3v) is 5.98. The van der Waals surface area contributed by atoms with Crippen LogP contribution in [0.4, 0.5) is 5.13 Å². The molecule has 5 heteroatoms. The van der Waals surface area contributed by atoms with E-state index in [1.807, 2.05) is 11.3 Å². The molecule has 0 radical (unpaired) electrons. The highest BCUT2D eigenvalue weighted by molar-refractivity contribution is 7.15. The molecule has 0 bridgehead atoms. The Balaban J connectivity index is 1.72. The van der Waals surface area contributed by atoms with Gasteiger partial charge in [0.15, 0.2) is 5.13 Å². The molecule has 3 heterocycles. The van der Waals surface area contributed by atoms with Gasteiger partial charge in [-0.3, -0.25) is 4.90 Å². The number of hydrogen-bond acceptors (Lipinski definition) is 5. The summed E-state index contributed by atoms with van der Waals surface area (Å²) in [5.41, 5.74) is 1.20. The molecule has 4 nitrogen and oxygen atoms in total. The van der Waals surface area contributed by atoms with E-state index in [4.69, 9.17) is 4.98 Å². The number of nitrogens with one attached hydrogen (secondary N) is 1. The van der Waals surface area contributed by atoms with Gasteiger partial charge >= 0.3 is 0 Å². The molecule has 2 saturated heterocycles. The van der Waals surface area contributed by atoms with Crippen molar-refractivity contribution in [3.8, 4) is 0 Å². The minimum absolute atomic E-state index is 0.416. The van der Waals surface area contributed by atoms with Crippen molar-refractivity contribution in [1.29, 1.82) is 0 Å². The zero-order chi connectivity index (χ0) is 14.1. The first kappa shape index (κ1) is 14.3. The third kappa shape index (κ3) is 2.71. The summed E-state index contributed by atoms with van der Waals surface area (Å²) in [5, 5.41) is 4.73. The highest BCUT2D eigenvalue weighted by Crippen LogP contribution is 2.33. The molecule has 1 aromatic rings. The van der Waals surface area contributed by atoms with Crippen LogP contribution in [0.3, 0.4) is 0 Å². The first-order chi connectivity index (χ1) is 9.69. The molecule has 2 fully saturated rings. The van der Waals surface area contributed by atoms with Gasteiger partial charge in [-0.15, -0.1) is 11.3 Å². The van der Waals surface area contributed by atoms with Crippen molar-refractivity contribution >= 4 is 16.5 Å². The van der Waals surface area contributed by atoms with Crippen LogP contribution in [0.5, 0.6) is 0 Å². The van der Waals surface area contributed by atoms with E-state index in [1.54, 1.807) is 0 Å². The van der Waals surface area contributed by atoms with Crippen molar-refractivity contribution in [3.05, 3.63) is 10.6 Å². The van der Waals surface area contributed by atoms with Gasteiger partial charge in [-0.1, -0.05) is 6.92 Å². The minimum Gasteiger partial charge on any atom is -0.345 e. The van der Waals surface area contributed by atoms with Gasteiger partial charge in [-0.05, 0) is 39.8 Å². The Morgan fingerprint density at radius 2 is 2.25 bits per heavy atom. The van der Waals surface area contributed by atoms with E-state index in [-0.39, 0.29) is 0 Å². The normalized spacial score (nSPS) is 24.9. The summed E-state index contributed by atoms with van der Waals surface area (Å²) in [5.74, 6) is 0. The number of nitrogens with zero attached hydrogens (tertiary/aromatic N) is 3. The molecule has 2 aliphatic rings. The number of aromatic nitrogens is 1. The topological polar surface area (TPSA) is 31.4 Å². The Morgan fingerprint density at radius 3 is 3.05 bits per heavy atom. The first-order valence-corrected chi connectivity index (χ1v) is 8.70. The second-order valence-electron chi connectivity index (χ2n) is 6.00. The number of thiazole rings is 1. The van der Waals surface area contributed by atoms with Crippen LogP contribution in [0.15, 0.2) is 0 Å². The monoisotopic (exact) mass is 294 g/mol. The van der Waals surface area contributed by atoms with Crippen LogP contribution in [-0.2, 0) is 0 Å². The summed E-state index contributed by atoms with van der Waals surface area (Å²) in [6, 6.07) is 1.18. The predicted molar refractivity (Wildman–Crippen MR) is 85.8 cm³/mol. The van der Waals surface area contributed by atoms with Gasteiger partial charge in [-0.2, -0.15) is 0 Å². The van der Waals surface area contributed by atoms with Crippen LogP contribution >= 0.6 is 11.3 Å². The number of piperazine rings is 1. The predicted octanol–water partition coefficient (Wildman–Crippen LogP) is 2.41. The quantitative estimate of drug-likeness (QED) is 0.924. The maximum atomic E-state index is 4.84. The summed E-state index contributed by atoms with van der Waals surface area (Å²) >= 11 is 1.88. The summed E-state index contributed by atoms with van der Waals surface area (Å²) < 4.78 is 0. The number of fused-ring (bicyclic) bond motifs is 1. The molecular formula is C15H26N4S. The molecule has 2 atom stereocenters. The van der Waals surface area contributed by atoms with Gasteiger partial charge in [-0.25, -0.2) is 4.98 Å². The second kappa shape index (κ2) is 6.00. The molecule has 3 rings (SSSR count). The third-order valence-electron chi connectivity index (χ3n) is 4.58. The van der Waals surface area contributed by atoms with Gasteiger partial charge in [0, 0.05) is 36.6 Å². The first-order valence-electron chi connectivity index (χ1n) is 7.88. The van der Waals surface area contributed by atoms with Crippen molar-refractivity contribution in [2.45, 2.75) is 45.7 Å². The molecule has 0 saturated carbocycles. The van der Waals surface area contributed by atoms with Crippen molar-refractivity contribution in [2.24, 2.45) is 0 Å². The van der Waals surface area contributed by atoms with Crippen LogP contribution in [-0.4, -0.2) is 48.6 Å². The molecule has 0 spiro atoms. The average molecular weight is 294 g/mol. The van der Waals surface area contributed by atoms with Gasteiger partial charge in [0.1, 0.15) is 0 Å². The lowest BCUT2D eigenvalue weighted by Crippen LogP contribution is -2.50. The largest absolute Gasteiger partial charge is 0.345 e. The maximum Gasteiger partial charge on any atom is 0.185 e. The van der Waals surface area contributed by atoms with E-state index in [0.29, 0.717) is 6.04 Å². The van der Waals surface area contributed by atoms with Crippen molar-refractivity contribution in [2.75, 3.05) is 37.6 Å². The van der Waals surface area contributed by atoms with Crippen LogP contribution in [0.1, 0.15) is 43.3 Å². The maximum absolute atomic E-state index is 4.84. The Bertz CT molecular complexity index is 459. The van der Waals surface area contributed by atoms with Crippen LogP contribution in [0.2, 0.25) is 0 Å². The van der Waals surface area contributed by atoms with Crippen molar-refractivity contribution in [3.63, 3.8) is 0 Å². The summed E-state index contributed by atoms with van der Waals surface area (Å²) in [7, 11) is 0. The molecule has 112 valence electrons. The molecule has 1 N–H and O–H groups in total. The van der Waals surface area contributed by atoms with E-state index in [9.17, 15) is 0 Å².